The van der Waals surface area contributed by atoms with Crippen LogP contribution in [0.2, 0.25) is 0 Å². The zero-order chi connectivity index (χ0) is 16.5. The molecule has 0 aliphatic carbocycles. The minimum atomic E-state index is -0.606. The number of pyridine rings is 1. The summed E-state index contributed by atoms with van der Waals surface area (Å²) in [5, 5.41) is 10.6. The first-order chi connectivity index (χ1) is 11.0. The zero-order valence-electron chi connectivity index (χ0n) is 14.0. The lowest BCUT2D eigenvalue weighted by molar-refractivity contribution is -0.176. The molecule has 3 heterocycles. The zero-order valence-corrected chi connectivity index (χ0v) is 14.0. The van der Waals surface area contributed by atoms with Crippen LogP contribution in [0.4, 0.5) is 0 Å². The third-order valence-corrected chi connectivity index (χ3v) is 5.37. The highest BCUT2D eigenvalue weighted by atomic mass is 16.5. The molecule has 1 unspecified atom stereocenters. The van der Waals surface area contributed by atoms with Gasteiger partial charge in [0.05, 0.1) is 23.4 Å². The fourth-order valence-corrected chi connectivity index (χ4v) is 3.79. The highest BCUT2D eigenvalue weighted by Gasteiger charge is 2.46. The van der Waals surface area contributed by atoms with Crippen LogP contribution in [0.1, 0.15) is 54.9 Å². The van der Waals surface area contributed by atoms with Crippen LogP contribution in [-0.2, 0) is 4.74 Å². The van der Waals surface area contributed by atoms with E-state index in [-0.39, 0.29) is 11.5 Å². The minimum Gasteiger partial charge on any atom is -0.390 e. The van der Waals surface area contributed by atoms with Gasteiger partial charge >= 0.3 is 0 Å². The predicted octanol–water partition coefficient (Wildman–Crippen LogP) is 2.32. The van der Waals surface area contributed by atoms with Crippen molar-refractivity contribution < 1.29 is 14.6 Å². The lowest BCUT2D eigenvalue weighted by atomic mass is 9.76. The third kappa shape index (κ3) is 3.40. The minimum absolute atomic E-state index is 0.0395. The second-order valence-electron chi connectivity index (χ2n) is 7.08. The number of hydrogen-bond acceptors (Lipinski definition) is 4. The van der Waals surface area contributed by atoms with E-state index in [0.29, 0.717) is 38.1 Å². The second-order valence-corrected chi connectivity index (χ2v) is 7.08. The number of carbonyl (C=O) groups excluding carboxylic acids is 1. The average molecular weight is 318 g/mol. The normalized spacial score (nSPS) is 27.2. The number of nitrogens with zero attached hydrogens (tertiary/aromatic N) is 2. The molecule has 1 aromatic heterocycles. The molecule has 0 radical (unpaired) electrons. The Morgan fingerprint density at radius 3 is 2.74 bits per heavy atom. The first kappa shape index (κ1) is 16.4. The van der Waals surface area contributed by atoms with E-state index in [1.165, 1.54) is 0 Å². The highest BCUT2D eigenvalue weighted by molar-refractivity contribution is 5.94. The Labute approximate surface area is 137 Å². The number of aryl methyl sites for hydroxylation is 1. The standard InChI is InChI=1S/C18H26N2O3/c1-3-17(22)6-9-23-18(13-17)4-7-20(8-5-18)16(21)15-10-14(2)11-19-12-15/h10-12,22H,3-9,13H2,1-2H3. The third-order valence-electron chi connectivity index (χ3n) is 5.37. The fraction of sp³-hybridized carbons (Fsp3) is 0.667. The second kappa shape index (κ2) is 6.21. The first-order valence-corrected chi connectivity index (χ1v) is 8.53. The predicted molar refractivity (Wildman–Crippen MR) is 87.3 cm³/mol. The molecule has 2 aliphatic heterocycles. The van der Waals surface area contributed by atoms with E-state index in [0.717, 1.165) is 24.8 Å². The number of likely N-dealkylation sites (tertiary alicyclic amines) is 1. The number of ether oxygens (including phenoxy) is 1. The van der Waals surface area contributed by atoms with Gasteiger partial charge in [0.25, 0.3) is 5.91 Å². The van der Waals surface area contributed by atoms with Gasteiger partial charge in [0.15, 0.2) is 0 Å². The lowest BCUT2D eigenvalue weighted by Gasteiger charge is -2.49. The molecule has 1 spiro atoms. The molecule has 126 valence electrons. The van der Waals surface area contributed by atoms with Crippen LogP contribution in [-0.4, -0.2) is 51.8 Å². The van der Waals surface area contributed by atoms with Gasteiger partial charge in [0, 0.05) is 31.9 Å². The van der Waals surface area contributed by atoms with Crippen LogP contribution in [0.25, 0.3) is 0 Å². The molecule has 1 N–H and O–H groups in total. The Bertz CT molecular complexity index is 581. The molecule has 2 aliphatic rings. The molecular formula is C18H26N2O3. The van der Waals surface area contributed by atoms with Gasteiger partial charge in [-0.2, -0.15) is 0 Å². The molecule has 0 saturated carbocycles. The van der Waals surface area contributed by atoms with Gasteiger partial charge in [-0.15, -0.1) is 0 Å². The summed E-state index contributed by atoms with van der Waals surface area (Å²) in [6.07, 6.45) is 7.12. The van der Waals surface area contributed by atoms with E-state index in [1.807, 2.05) is 24.8 Å². The number of amides is 1. The van der Waals surface area contributed by atoms with Gasteiger partial charge in [-0.05, 0) is 44.2 Å². The van der Waals surface area contributed by atoms with Gasteiger partial charge in [-0.1, -0.05) is 6.92 Å². The molecule has 23 heavy (non-hydrogen) atoms. The van der Waals surface area contributed by atoms with E-state index in [2.05, 4.69) is 4.98 Å². The van der Waals surface area contributed by atoms with Crippen molar-refractivity contribution in [3.8, 4) is 0 Å². The van der Waals surface area contributed by atoms with Gasteiger partial charge in [-0.25, -0.2) is 0 Å². The summed E-state index contributed by atoms with van der Waals surface area (Å²) in [5.41, 5.74) is 0.777. The van der Waals surface area contributed by atoms with Crippen LogP contribution in [0, 0.1) is 6.92 Å². The molecule has 3 rings (SSSR count). The summed E-state index contributed by atoms with van der Waals surface area (Å²) in [4.78, 5) is 18.6. The van der Waals surface area contributed by atoms with Gasteiger partial charge < -0.3 is 14.7 Å². The summed E-state index contributed by atoms with van der Waals surface area (Å²) in [5.74, 6) is 0.0395. The lowest BCUT2D eigenvalue weighted by Crippen LogP contribution is -2.55. The molecule has 5 heteroatoms. The maximum absolute atomic E-state index is 12.6. The first-order valence-electron chi connectivity index (χ1n) is 8.53. The van der Waals surface area contributed by atoms with E-state index in [9.17, 15) is 9.90 Å². The number of aromatic nitrogens is 1. The van der Waals surface area contributed by atoms with Crippen molar-refractivity contribution in [2.45, 2.75) is 57.2 Å². The van der Waals surface area contributed by atoms with Crippen LogP contribution in [0.5, 0.6) is 0 Å². The molecule has 1 amide bonds. The summed E-state index contributed by atoms with van der Waals surface area (Å²) >= 11 is 0. The summed E-state index contributed by atoms with van der Waals surface area (Å²) in [6, 6.07) is 1.88. The van der Waals surface area contributed by atoms with Crippen LogP contribution in [0.3, 0.4) is 0 Å². The molecule has 1 atom stereocenters. The maximum atomic E-state index is 12.6. The monoisotopic (exact) mass is 318 g/mol. The summed E-state index contributed by atoms with van der Waals surface area (Å²) < 4.78 is 6.05. The molecular weight excluding hydrogens is 292 g/mol. The quantitative estimate of drug-likeness (QED) is 0.909. The number of aliphatic hydroxyl groups is 1. The maximum Gasteiger partial charge on any atom is 0.255 e. The largest absolute Gasteiger partial charge is 0.390 e. The van der Waals surface area contributed by atoms with Crippen molar-refractivity contribution in [2.75, 3.05) is 19.7 Å². The Balaban J connectivity index is 1.65. The van der Waals surface area contributed by atoms with Gasteiger partial charge in [0.1, 0.15) is 0 Å². The van der Waals surface area contributed by atoms with Crippen molar-refractivity contribution >= 4 is 5.91 Å². The Morgan fingerprint density at radius 1 is 1.35 bits per heavy atom. The van der Waals surface area contributed by atoms with Crippen molar-refractivity contribution in [3.05, 3.63) is 29.6 Å². The van der Waals surface area contributed by atoms with Crippen molar-refractivity contribution in [1.29, 1.82) is 0 Å². The molecule has 0 bridgehead atoms. The smallest absolute Gasteiger partial charge is 0.255 e. The van der Waals surface area contributed by atoms with E-state index < -0.39 is 5.60 Å². The van der Waals surface area contributed by atoms with Gasteiger partial charge in [0.2, 0.25) is 0 Å². The number of carbonyl (C=O) groups is 1. The van der Waals surface area contributed by atoms with Crippen LogP contribution < -0.4 is 0 Å². The van der Waals surface area contributed by atoms with E-state index >= 15 is 0 Å². The molecule has 2 saturated heterocycles. The van der Waals surface area contributed by atoms with Crippen molar-refractivity contribution in [3.63, 3.8) is 0 Å². The summed E-state index contributed by atoms with van der Waals surface area (Å²) in [6.45, 7) is 5.93. The van der Waals surface area contributed by atoms with Crippen LogP contribution >= 0.6 is 0 Å². The van der Waals surface area contributed by atoms with Gasteiger partial charge in [-0.3, -0.25) is 9.78 Å². The topological polar surface area (TPSA) is 62.7 Å². The Morgan fingerprint density at radius 2 is 2.09 bits per heavy atom. The number of rotatable bonds is 2. The van der Waals surface area contributed by atoms with Crippen LogP contribution in [0.15, 0.2) is 18.5 Å². The average Bonchev–Trinajstić information content (AvgIpc) is 2.55. The molecule has 1 aromatic rings. The molecule has 2 fully saturated rings. The summed E-state index contributed by atoms with van der Waals surface area (Å²) in [7, 11) is 0. The molecule has 0 aromatic carbocycles. The van der Waals surface area contributed by atoms with Crippen molar-refractivity contribution in [2.24, 2.45) is 0 Å². The highest BCUT2D eigenvalue weighted by Crippen LogP contribution is 2.41. The fourth-order valence-electron chi connectivity index (χ4n) is 3.79. The van der Waals surface area contributed by atoms with E-state index in [4.69, 9.17) is 4.74 Å². The molecule has 5 nitrogen and oxygen atoms in total. The number of piperidine rings is 1. The number of hydrogen-bond donors (Lipinski definition) is 1. The SMILES string of the molecule is CCC1(O)CCOC2(CCN(C(=O)c3cncc(C)c3)CC2)C1. The van der Waals surface area contributed by atoms with Crippen molar-refractivity contribution in [1.82, 2.24) is 9.88 Å². The van der Waals surface area contributed by atoms with E-state index in [1.54, 1.807) is 12.4 Å². The Kier molecular flexibility index (Phi) is 4.43. The Hall–Kier alpha value is -1.46.